The fourth-order valence-electron chi connectivity index (χ4n) is 2.31. The van der Waals surface area contributed by atoms with E-state index in [1.165, 1.54) is 0 Å². The SMILES string of the molecule is CC[C@@H](NC(=O)N1CCCC1CC(C)O)C(=O)O. The number of aliphatic hydroxyl groups excluding tert-OH is 1. The van der Waals surface area contributed by atoms with Gasteiger partial charge in [-0.2, -0.15) is 0 Å². The number of hydrogen-bond donors (Lipinski definition) is 3. The van der Waals surface area contributed by atoms with Gasteiger partial charge in [0.05, 0.1) is 6.10 Å². The third-order valence-electron chi connectivity index (χ3n) is 3.26. The van der Waals surface area contributed by atoms with Crippen LogP contribution in [0.3, 0.4) is 0 Å². The third kappa shape index (κ3) is 3.87. The predicted octanol–water partition coefficient (Wildman–Crippen LogP) is 0.794. The summed E-state index contributed by atoms with van der Waals surface area (Å²) in [7, 11) is 0. The molecule has 0 radical (unpaired) electrons. The van der Waals surface area contributed by atoms with Crippen LogP contribution in [0.25, 0.3) is 0 Å². The van der Waals surface area contributed by atoms with Crippen molar-refractivity contribution in [2.45, 2.75) is 57.7 Å². The molecule has 0 saturated carbocycles. The van der Waals surface area contributed by atoms with Crippen molar-refractivity contribution in [2.24, 2.45) is 0 Å². The van der Waals surface area contributed by atoms with Gasteiger partial charge in [-0.15, -0.1) is 0 Å². The van der Waals surface area contributed by atoms with Crippen LogP contribution in [0, 0.1) is 0 Å². The Morgan fingerprint density at radius 1 is 1.50 bits per heavy atom. The molecule has 0 bridgehead atoms. The van der Waals surface area contributed by atoms with Gasteiger partial charge in [0.1, 0.15) is 6.04 Å². The highest BCUT2D eigenvalue weighted by molar-refractivity contribution is 5.82. The molecule has 104 valence electrons. The summed E-state index contributed by atoms with van der Waals surface area (Å²) in [5.41, 5.74) is 0. The molecule has 3 N–H and O–H groups in total. The monoisotopic (exact) mass is 258 g/mol. The van der Waals surface area contributed by atoms with E-state index in [2.05, 4.69) is 5.32 Å². The van der Waals surface area contributed by atoms with E-state index >= 15 is 0 Å². The average Bonchev–Trinajstić information content (AvgIpc) is 2.72. The fourth-order valence-corrected chi connectivity index (χ4v) is 2.31. The Kier molecular flexibility index (Phi) is 5.40. The lowest BCUT2D eigenvalue weighted by atomic mass is 10.1. The lowest BCUT2D eigenvalue weighted by Gasteiger charge is -2.27. The molecule has 0 aromatic carbocycles. The van der Waals surface area contributed by atoms with Crippen LogP contribution >= 0.6 is 0 Å². The number of nitrogens with one attached hydrogen (secondary N) is 1. The third-order valence-corrected chi connectivity index (χ3v) is 3.26. The Bertz CT molecular complexity index is 306. The first-order valence-electron chi connectivity index (χ1n) is 6.43. The van der Waals surface area contributed by atoms with E-state index < -0.39 is 18.1 Å². The van der Waals surface area contributed by atoms with Crippen LogP contribution in [0.5, 0.6) is 0 Å². The van der Waals surface area contributed by atoms with Gasteiger partial charge >= 0.3 is 12.0 Å². The highest BCUT2D eigenvalue weighted by Gasteiger charge is 2.31. The highest BCUT2D eigenvalue weighted by Crippen LogP contribution is 2.21. The smallest absolute Gasteiger partial charge is 0.326 e. The molecular weight excluding hydrogens is 236 g/mol. The number of nitrogens with zero attached hydrogens (tertiary/aromatic N) is 1. The molecule has 2 unspecified atom stereocenters. The number of urea groups is 1. The van der Waals surface area contributed by atoms with Crippen LogP contribution in [0.4, 0.5) is 4.79 Å². The quantitative estimate of drug-likeness (QED) is 0.680. The molecule has 18 heavy (non-hydrogen) atoms. The van der Waals surface area contributed by atoms with Crippen molar-refractivity contribution in [3.63, 3.8) is 0 Å². The molecule has 1 saturated heterocycles. The van der Waals surface area contributed by atoms with E-state index in [0.717, 1.165) is 12.8 Å². The molecule has 1 aliphatic rings. The maximum Gasteiger partial charge on any atom is 0.326 e. The Morgan fingerprint density at radius 2 is 2.17 bits per heavy atom. The molecule has 1 heterocycles. The van der Waals surface area contributed by atoms with Gasteiger partial charge in [0.2, 0.25) is 0 Å². The molecule has 3 atom stereocenters. The number of carbonyl (C=O) groups excluding carboxylic acids is 1. The lowest BCUT2D eigenvalue weighted by Crippen LogP contribution is -2.49. The topological polar surface area (TPSA) is 89.9 Å². The first-order chi connectivity index (χ1) is 8.45. The van der Waals surface area contributed by atoms with Crippen molar-refractivity contribution in [2.75, 3.05) is 6.54 Å². The van der Waals surface area contributed by atoms with Crippen molar-refractivity contribution < 1.29 is 19.8 Å². The van der Waals surface area contributed by atoms with E-state index in [9.17, 15) is 14.7 Å². The van der Waals surface area contributed by atoms with Crippen molar-refractivity contribution in [3.8, 4) is 0 Å². The van der Waals surface area contributed by atoms with Crippen molar-refractivity contribution in [1.82, 2.24) is 10.2 Å². The summed E-state index contributed by atoms with van der Waals surface area (Å²) >= 11 is 0. The number of aliphatic hydroxyl groups is 1. The summed E-state index contributed by atoms with van der Waals surface area (Å²) in [6.07, 6.45) is 2.20. The Morgan fingerprint density at radius 3 is 2.67 bits per heavy atom. The normalized spacial score (nSPS) is 22.6. The number of amides is 2. The molecule has 1 aliphatic heterocycles. The van der Waals surface area contributed by atoms with E-state index in [4.69, 9.17) is 5.11 Å². The molecule has 1 fully saturated rings. The Labute approximate surface area is 107 Å². The summed E-state index contributed by atoms with van der Waals surface area (Å²) < 4.78 is 0. The lowest BCUT2D eigenvalue weighted by molar-refractivity contribution is -0.139. The molecule has 6 nitrogen and oxygen atoms in total. The minimum atomic E-state index is -1.02. The summed E-state index contributed by atoms with van der Waals surface area (Å²) in [6, 6.07) is -1.17. The summed E-state index contributed by atoms with van der Waals surface area (Å²) in [6.45, 7) is 4.04. The van der Waals surface area contributed by atoms with Crippen LogP contribution in [-0.4, -0.2) is 51.8 Å². The molecule has 0 aromatic heterocycles. The fraction of sp³-hybridized carbons (Fsp3) is 0.833. The van der Waals surface area contributed by atoms with Gasteiger partial charge < -0.3 is 20.4 Å². The van der Waals surface area contributed by atoms with Crippen molar-refractivity contribution in [1.29, 1.82) is 0 Å². The van der Waals surface area contributed by atoms with E-state index in [0.29, 0.717) is 19.4 Å². The molecule has 0 spiro atoms. The maximum atomic E-state index is 12.0. The second-order valence-corrected chi connectivity index (χ2v) is 4.82. The molecule has 0 aromatic rings. The van der Waals surface area contributed by atoms with E-state index in [1.807, 2.05) is 0 Å². The summed E-state index contributed by atoms with van der Waals surface area (Å²) in [5.74, 6) is -1.02. The predicted molar refractivity (Wildman–Crippen MR) is 66.3 cm³/mol. The standard InChI is InChI=1S/C12H22N2O4/c1-3-10(11(16)17)13-12(18)14-6-4-5-9(14)7-8(2)15/h8-10,15H,3-7H2,1-2H3,(H,13,18)(H,16,17)/t8?,9?,10-/m1/s1. The first kappa shape index (κ1) is 14.8. The Hall–Kier alpha value is -1.30. The van der Waals surface area contributed by atoms with Gasteiger partial charge in [-0.1, -0.05) is 6.92 Å². The van der Waals surface area contributed by atoms with Gasteiger partial charge in [0, 0.05) is 12.6 Å². The van der Waals surface area contributed by atoms with Crippen LogP contribution in [0.15, 0.2) is 0 Å². The van der Waals surface area contributed by atoms with Gasteiger partial charge in [-0.05, 0) is 32.6 Å². The van der Waals surface area contributed by atoms with Crippen LogP contribution in [-0.2, 0) is 4.79 Å². The summed E-state index contributed by atoms with van der Waals surface area (Å²) in [5, 5.41) is 20.8. The number of aliphatic carboxylic acids is 1. The number of carbonyl (C=O) groups is 2. The van der Waals surface area contributed by atoms with Gasteiger partial charge in [0.25, 0.3) is 0 Å². The van der Waals surface area contributed by atoms with Crippen LogP contribution < -0.4 is 5.32 Å². The molecule has 1 rings (SSSR count). The zero-order valence-electron chi connectivity index (χ0n) is 10.9. The highest BCUT2D eigenvalue weighted by atomic mass is 16.4. The average molecular weight is 258 g/mol. The van der Waals surface area contributed by atoms with E-state index in [1.54, 1.807) is 18.7 Å². The largest absolute Gasteiger partial charge is 0.480 e. The molecular formula is C12H22N2O4. The van der Waals surface area contributed by atoms with Crippen LogP contribution in [0.2, 0.25) is 0 Å². The van der Waals surface area contributed by atoms with Gasteiger partial charge in [-0.25, -0.2) is 9.59 Å². The van der Waals surface area contributed by atoms with Crippen LogP contribution in [0.1, 0.15) is 39.5 Å². The number of carboxylic acid groups (broad SMARTS) is 1. The van der Waals surface area contributed by atoms with Crippen molar-refractivity contribution >= 4 is 12.0 Å². The first-order valence-corrected chi connectivity index (χ1v) is 6.43. The maximum absolute atomic E-state index is 12.0. The number of rotatable bonds is 5. The zero-order chi connectivity index (χ0) is 13.7. The number of carboxylic acids is 1. The molecule has 6 heteroatoms. The number of hydrogen-bond acceptors (Lipinski definition) is 3. The minimum absolute atomic E-state index is 0.0105. The second-order valence-electron chi connectivity index (χ2n) is 4.82. The van der Waals surface area contributed by atoms with Gasteiger partial charge in [-0.3, -0.25) is 0 Å². The van der Waals surface area contributed by atoms with Gasteiger partial charge in [0.15, 0.2) is 0 Å². The Balaban J connectivity index is 2.57. The molecule has 0 aliphatic carbocycles. The molecule has 2 amide bonds. The summed E-state index contributed by atoms with van der Waals surface area (Å²) in [4.78, 5) is 24.5. The zero-order valence-corrected chi connectivity index (χ0v) is 10.9. The number of likely N-dealkylation sites (tertiary alicyclic amines) is 1. The van der Waals surface area contributed by atoms with Crippen molar-refractivity contribution in [3.05, 3.63) is 0 Å². The van der Waals surface area contributed by atoms with E-state index in [-0.39, 0.29) is 12.1 Å². The second kappa shape index (κ2) is 6.58. The minimum Gasteiger partial charge on any atom is -0.480 e.